The number of pyridine rings is 1. The molecule has 0 N–H and O–H groups in total. The van der Waals surface area contributed by atoms with Crippen molar-refractivity contribution in [2.45, 2.75) is 46.8 Å². The highest BCUT2D eigenvalue weighted by atomic mass is 19.1. The van der Waals surface area contributed by atoms with Crippen LogP contribution in [0.15, 0.2) is 60.8 Å². The van der Waals surface area contributed by atoms with Crippen LogP contribution in [-0.4, -0.2) is 58.6 Å². The molecule has 2 heterocycles. The maximum Gasteiger partial charge on any atom is 0.410 e. The first-order valence-corrected chi connectivity index (χ1v) is 13.5. The second kappa shape index (κ2) is 12.8. The van der Waals surface area contributed by atoms with Gasteiger partial charge < -0.3 is 24.0 Å². The second-order valence-corrected chi connectivity index (χ2v) is 11.0. The Morgan fingerprint density at radius 2 is 1.59 bits per heavy atom. The Morgan fingerprint density at radius 3 is 2.17 bits per heavy atom. The van der Waals surface area contributed by atoms with Gasteiger partial charge >= 0.3 is 6.09 Å². The number of carbonyl (C=O) groups excluding carboxylic acids is 2. The van der Waals surface area contributed by atoms with E-state index in [4.69, 9.17) is 14.2 Å². The molecule has 216 valence electrons. The van der Waals surface area contributed by atoms with E-state index in [1.54, 1.807) is 52.4 Å². The summed E-state index contributed by atoms with van der Waals surface area (Å²) >= 11 is 0. The number of piperazine rings is 1. The molecule has 41 heavy (non-hydrogen) atoms. The summed E-state index contributed by atoms with van der Waals surface area (Å²) in [6, 6.07) is 13.6. The van der Waals surface area contributed by atoms with Crippen LogP contribution >= 0.6 is 0 Å². The van der Waals surface area contributed by atoms with E-state index < -0.39 is 5.60 Å². The molecular formula is C32H36FN3O5. The minimum absolute atomic E-state index is 0.101. The predicted octanol–water partition coefficient (Wildman–Crippen LogP) is 6.30. The zero-order valence-electron chi connectivity index (χ0n) is 24.1. The van der Waals surface area contributed by atoms with E-state index >= 15 is 0 Å². The molecule has 0 spiro atoms. The fourth-order valence-corrected chi connectivity index (χ4v) is 4.31. The average molecular weight is 562 g/mol. The van der Waals surface area contributed by atoms with Crippen LogP contribution < -0.4 is 9.47 Å². The largest absolute Gasteiger partial charge is 0.487 e. The van der Waals surface area contributed by atoms with E-state index in [1.807, 2.05) is 46.8 Å². The van der Waals surface area contributed by atoms with Crippen molar-refractivity contribution in [3.05, 3.63) is 88.9 Å². The van der Waals surface area contributed by atoms with Crippen molar-refractivity contribution in [1.29, 1.82) is 0 Å². The lowest BCUT2D eigenvalue weighted by Crippen LogP contribution is -2.51. The van der Waals surface area contributed by atoms with Gasteiger partial charge in [-0.25, -0.2) is 14.2 Å². The summed E-state index contributed by atoms with van der Waals surface area (Å²) in [4.78, 5) is 32.7. The van der Waals surface area contributed by atoms with Crippen molar-refractivity contribution in [3.63, 3.8) is 0 Å². The van der Waals surface area contributed by atoms with Gasteiger partial charge in [-0.1, -0.05) is 12.1 Å². The standard InChI is InChI=1S/C32H36FN3O5/c1-22-18-25(8-13-29(37)35-14-16-36(17-15-35)31(38)41-32(3,4)5)19-23(2)30(22)40-28-12-11-27(20-34-28)39-21-24-6-9-26(33)10-7-24/h6-13,18-20H,14-17,21H2,1-5H3/b13-8+. The minimum Gasteiger partial charge on any atom is -0.487 e. The maximum absolute atomic E-state index is 13.1. The first kappa shape index (κ1) is 29.6. The molecule has 1 aliphatic heterocycles. The molecule has 0 atom stereocenters. The Labute approximate surface area is 240 Å². The van der Waals surface area contributed by atoms with Gasteiger partial charge in [0.05, 0.1) is 6.20 Å². The Kier molecular flexibility index (Phi) is 9.27. The fraction of sp³-hybridized carbons (Fsp3) is 0.344. The summed E-state index contributed by atoms with van der Waals surface area (Å²) in [6.07, 6.45) is 4.58. The van der Waals surface area contributed by atoms with Gasteiger partial charge in [0.15, 0.2) is 0 Å². The molecule has 3 aromatic rings. The summed E-state index contributed by atoms with van der Waals surface area (Å²) < 4.78 is 30.3. The molecule has 2 aromatic carbocycles. The van der Waals surface area contributed by atoms with Crippen LogP contribution in [0.2, 0.25) is 0 Å². The SMILES string of the molecule is Cc1cc(/C=C/C(=O)N2CCN(C(=O)OC(C)(C)C)CC2)cc(C)c1Oc1ccc(OCc2ccc(F)cc2)cn1. The zero-order chi connectivity index (χ0) is 29.6. The van der Waals surface area contributed by atoms with Crippen molar-refractivity contribution >= 4 is 18.1 Å². The molecule has 9 heteroatoms. The van der Waals surface area contributed by atoms with E-state index in [2.05, 4.69) is 4.98 Å². The lowest BCUT2D eigenvalue weighted by Gasteiger charge is -2.35. The van der Waals surface area contributed by atoms with Crippen LogP contribution in [0.4, 0.5) is 9.18 Å². The molecule has 0 radical (unpaired) electrons. The Morgan fingerprint density at radius 1 is 0.951 bits per heavy atom. The molecule has 8 nitrogen and oxygen atoms in total. The molecule has 4 rings (SSSR count). The van der Waals surface area contributed by atoms with Gasteiger partial charge in [-0.2, -0.15) is 0 Å². The van der Waals surface area contributed by atoms with Gasteiger partial charge in [0.1, 0.15) is 29.5 Å². The van der Waals surface area contributed by atoms with Gasteiger partial charge in [0.25, 0.3) is 0 Å². The number of halogens is 1. The monoisotopic (exact) mass is 561 g/mol. The number of amides is 2. The number of hydrogen-bond donors (Lipinski definition) is 0. The van der Waals surface area contributed by atoms with Crippen LogP contribution in [0.3, 0.4) is 0 Å². The Hall–Kier alpha value is -4.40. The average Bonchev–Trinajstić information content (AvgIpc) is 2.93. The smallest absolute Gasteiger partial charge is 0.410 e. The van der Waals surface area contributed by atoms with Crippen molar-refractivity contribution in [3.8, 4) is 17.4 Å². The van der Waals surface area contributed by atoms with Gasteiger partial charge in [0.2, 0.25) is 11.8 Å². The first-order chi connectivity index (χ1) is 19.5. The van der Waals surface area contributed by atoms with Crippen LogP contribution in [0.25, 0.3) is 6.08 Å². The number of benzene rings is 2. The Bertz CT molecular complexity index is 1370. The summed E-state index contributed by atoms with van der Waals surface area (Å²) in [5.74, 6) is 1.31. The van der Waals surface area contributed by atoms with Crippen LogP contribution in [-0.2, 0) is 16.1 Å². The number of ether oxygens (including phenoxy) is 3. The molecule has 2 amide bonds. The van der Waals surface area contributed by atoms with Gasteiger partial charge in [-0.3, -0.25) is 4.79 Å². The summed E-state index contributed by atoms with van der Waals surface area (Å²) in [5, 5.41) is 0. The summed E-state index contributed by atoms with van der Waals surface area (Å²) in [6.45, 7) is 11.5. The second-order valence-electron chi connectivity index (χ2n) is 11.0. The number of aromatic nitrogens is 1. The summed E-state index contributed by atoms with van der Waals surface area (Å²) in [7, 11) is 0. The van der Waals surface area contributed by atoms with Crippen LogP contribution in [0.5, 0.6) is 17.4 Å². The number of carbonyl (C=O) groups is 2. The zero-order valence-corrected chi connectivity index (χ0v) is 24.1. The molecule has 0 saturated carbocycles. The third-order valence-electron chi connectivity index (χ3n) is 6.38. The van der Waals surface area contributed by atoms with Crippen LogP contribution in [0.1, 0.15) is 43.0 Å². The topological polar surface area (TPSA) is 81.2 Å². The van der Waals surface area contributed by atoms with Crippen molar-refractivity contribution in [1.82, 2.24) is 14.8 Å². The third-order valence-corrected chi connectivity index (χ3v) is 6.38. The lowest BCUT2D eigenvalue weighted by molar-refractivity contribution is -0.127. The minimum atomic E-state index is -0.549. The first-order valence-electron chi connectivity index (χ1n) is 13.5. The number of rotatable bonds is 7. The highest BCUT2D eigenvalue weighted by molar-refractivity contribution is 5.92. The quantitative estimate of drug-likeness (QED) is 0.315. The molecule has 0 unspecified atom stereocenters. The van der Waals surface area contributed by atoms with Crippen molar-refractivity contribution in [2.75, 3.05) is 26.2 Å². The van der Waals surface area contributed by atoms with E-state index in [0.717, 1.165) is 22.3 Å². The van der Waals surface area contributed by atoms with Crippen molar-refractivity contribution in [2.24, 2.45) is 0 Å². The maximum atomic E-state index is 13.1. The van der Waals surface area contributed by atoms with E-state index in [0.29, 0.717) is 50.2 Å². The highest BCUT2D eigenvalue weighted by Gasteiger charge is 2.27. The van der Waals surface area contributed by atoms with Crippen molar-refractivity contribution < 1.29 is 28.2 Å². The Balaban J connectivity index is 1.30. The third kappa shape index (κ3) is 8.54. The van der Waals surface area contributed by atoms with E-state index in [1.165, 1.54) is 12.1 Å². The molecule has 1 aromatic heterocycles. The van der Waals surface area contributed by atoms with Gasteiger partial charge in [-0.05, 0) is 93.3 Å². The fourth-order valence-electron chi connectivity index (χ4n) is 4.31. The number of aryl methyl sites for hydroxylation is 2. The van der Waals surface area contributed by atoms with Gasteiger partial charge in [0, 0.05) is 38.3 Å². The normalized spacial score (nSPS) is 13.8. The van der Waals surface area contributed by atoms with Gasteiger partial charge in [-0.15, -0.1) is 0 Å². The van der Waals surface area contributed by atoms with E-state index in [-0.39, 0.29) is 17.8 Å². The molecule has 1 saturated heterocycles. The molecule has 1 fully saturated rings. The van der Waals surface area contributed by atoms with Crippen LogP contribution in [0, 0.1) is 19.7 Å². The predicted molar refractivity (Wildman–Crippen MR) is 154 cm³/mol. The number of hydrogen-bond acceptors (Lipinski definition) is 6. The molecule has 0 bridgehead atoms. The molecule has 1 aliphatic rings. The summed E-state index contributed by atoms with van der Waals surface area (Å²) in [5.41, 5.74) is 3.00. The molecular weight excluding hydrogens is 525 g/mol. The lowest BCUT2D eigenvalue weighted by atomic mass is 10.1. The van der Waals surface area contributed by atoms with E-state index in [9.17, 15) is 14.0 Å². The highest BCUT2D eigenvalue weighted by Crippen LogP contribution is 2.30. The molecule has 0 aliphatic carbocycles. The number of nitrogens with zero attached hydrogens (tertiary/aromatic N) is 3.